The molecule has 1 atom stereocenters. The number of anilines is 5. The molecule has 29 heavy (non-hydrogen) atoms. The second-order valence-electron chi connectivity index (χ2n) is 5.97. The minimum absolute atomic E-state index is 0.268. The molecule has 0 spiro atoms. The highest BCUT2D eigenvalue weighted by atomic mass is 32.2. The molecule has 3 aromatic rings. The summed E-state index contributed by atoms with van der Waals surface area (Å²) in [5.41, 5.74) is 8.70. The number of pyridine rings is 1. The predicted octanol–water partition coefficient (Wildman–Crippen LogP) is 4.48. The summed E-state index contributed by atoms with van der Waals surface area (Å²) in [6.45, 7) is 1.73. The van der Waals surface area contributed by atoms with Crippen molar-refractivity contribution in [3.8, 4) is 6.07 Å². The van der Waals surface area contributed by atoms with Gasteiger partial charge in [-0.15, -0.1) is 0 Å². The van der Waals surface area contributed by atoms with Gasteiger partial charge in [0.25, 0.3) is 0 Å². The molecule has 0 aliphatic heterocycles. The lowest BCUT2D eigenvalue weighted by Crippen LogP contribution is -2.07. The molecule has 0 amide bonds. The maximum atomic E-state index is 11.1. The lowest BCUT2D eigenvalue weighted by molar-refractivity contribution is 0.564. The molecule has 0 saturated heterocycles. The zero-order valence-electron chi connectivity index (χ0n) is 15.2. The van der Waals surface area contributed by atoms with Crippen molar-refractivity contribution in [3.05, 3.63) is 59.7 Å². The van der Waals surface area contributed by atoms with Crippen LogP contribution in [0.25, 0.3) is 0 Å². The largest absolute Gasteiger partial charge is 0.395 e. The van der Waals surface area contributed by atoms with Crippen molar-refractivity contribution in [1.82, 2.24) is 4.98 Å². The van der Waals surface area contributed by atoms with E-state index in [1.807, 2.05) is 0 Å². The molecule has 2 aromatic carbocycles. The third kappa shape index (κ3) is 4.67. The quantitative estimate of drug-likeness (QED) is 0.284. The molecule has 0 saturated carbocycles. The van der Waals surface area contributed by atoms with Gasteiger partial charge in [-0.05, 0) is 61.0 Å². The number of hydrogen-bond donors (Lipinski definition) is 5. The van der Waals surface area contributed by atoms with E-state index in [1.54, 1.807) is 43.3 Å². The number of nitrogens with one attached hydrogen (secondary N) is 2. The normalized spacial score (nSPS) is 11.5. The molecule has 148 valence electrons. The molecule has 0 radical (unpaired) electrons. The molecule has 0 bridgehead atoms. The number of benzene rings is 2. The van der Waals surface area contributed by atoms with Crippen LogP contribution in [0.15, 0.2) is 58.3 Å². The first-order chi connectivity index (χ1) is 13.9. The number of aromatic nitrogens is 1. The number of rotatable bonds is 6. The van der Waals surface area contributed by atoms with E-state index in [0.717, 1.165) is 0 Å². The summed E-state index contributed by atoms with van der Waals surface area (Å²) < 4.78 is 29.3. The van der Waals surface area contributed by atoms with E-state index < -0.39 is 11.1 Å². The molecule has 0 fully saturated rings. The number of hydrogen-bond acceptors (Lipinski definition) is 8. The molecule has 3 rings (SSSR count). The molecule has 0 aliphatic rings. The molecule has 1 aromatic heterocycles. The highest BCUT2D eigenvalue weighted by molar-refractivity contribution is 7.93. The van der Waals surface area contributed by atoms with Crippen molar-refractivity contribution in [3.63, 3.8) is 0 Å². The summed E-state index contributed by atoms with van der Waals surface area (Å²) in [7, 11) is 0. The Labute approximate surface area is 174 Å². The topological polar surface area (TPSA) is 144 Å². The van der Waals surface area contributed by atoms with Crippen molar-refractivity contribution < 1.29 is 13.3 Å². The van der Waals surface area contributed by atoms with E-state index in [9.17, 15) is 9.47 Å². The average Bonchev–Trinajstić information content (AvgIpc) is 2.73. The maximum Gasteiger partial charge on any atom is 0.186 e. The molecule has 6 N–H and O–H groups in total. The highest BCUT2D eigenvalue weighted by Gasteiger charge is 2.16. The summed E-state index contributed by atoms with van der Waals surface area (Å²) in [5.74, 6) is 0.684. The summed E-state index contributed by atoms with van der Waals surface area (Å²) in [6.07, 6.45) is 0. The standard InChI is InChI=1S/C19H17N5O3S2/c1-11-16(10-20)18(22-13-4-8-15(9-5-13)29(26)27)24-19(17(11)21)23-12-2-6-14(28-25)7-3-12/h2-9,25H,21H2,1H3,(H,26,27)(H2,22,23,24). The van der Waals surface area contributed by atoms with E-state index in [-0.39, 0.29) is 4.90 Å². The summed E-state index contributed by atoms with van der Waals surface area (Å²) in [6, 6.07) is 15.4. The summed E-state index contributed by atoms with van der Waals surface area (Å²) in [5, 5.41) is 15.7. The Morgan fingerprint density at radius 3 is 2.14 bits per heavy atom. The van der Waals surface area contributed by atoms with Crippen LogP contribution in [0, 0.1) is 18.3 Å². The SMILES string of the molecule is Cc1c(N)c(Nc2ccc(SO)cc2)nc(Nc2ccc(S(=O)O)cc2)c1C#N. The van der Waals surface area contributed by atoms with Crippen molar-refractivity contribution in [2.75, 3.05) is 16.4 Å². The Morgan fingerprint density at radius 2 is 1.62 bits per heavy atom. The van der Waals surface area contributed by atoms with E-state index >= 15 is 0 Å². The van der Waals surface area contributed by atoms with Crippen LogP contribution in [0.5, 0.6) is 0 Å². The van der Waals surface area contributed by atoms with Crippen molar-refractivity contribution in [2.45, 2.75) is 16.7 Å². The first-order valence-corrected chi connectivity index (χ1v) is 10.2. The van der Waals surface area contributed by atoms with Gasteiger partial charge in [0.15, 0.2) is 22.7 Å². The van der Waals surface area contributed by atoms with Gasteiger partial charge in [0.2, 0.25) is 0 Å². The van der Waals surface area contributed by atoms with Crippen molar-refractivity contribution in [2.24, 2.45) is 0 Å². The third-order valence-corrected chi connectivity index (χ3v) is 5.31. The Morgan fingerprint density at radius 1 is 1.07 bits per heavy atom. The fourth-order valence-electron chi connectivity index (χ4n) is 2.57. The van der Waals surface area contributed by atoms with Crippen LogP contribution >= 0.6 is 12.0 Å². The smallest absolute Gasteiger partial charge is 0.186 e. The average molecular weight is 428 g/mol. The molecule has 0 aliphatic carbocycles. The first kappa shape index (κ1) is 20.6. The predicted molar refractivity (Wildman–Crippen MR) is 115 cm³/mol. The third-order valence-electron chi connectivity index (χ3n) is 4.15. The molecular weight excluding hydrogens is 410 g/mol. The molecular formula is C19H17N5O3S2. The monoisotopic (exact) mass is 427 g/mol. The number of nitrogens with two attached hydrogens (primary N) is 1. The zero-order valence-corrected chi connectivity index (χ0v) is 16.8. The van der Waals surface area contributed by atoms with E-state index in [1.165, 1.54) is 12.1 Å². The Bertz CT molecular complexity index is 1100. The van der Waals surface area contributed by atoms with Gasteiger partial charge in [0, 0.05) is 28.3 Å². The maximum absolute atomic E-state index is 11.1. The second kappa shape index (κ2) is 8.93. The van der Waals surface area contributed by atoms with Crippen LogP contribution in [0.1, 0.15) is 11.1 Å². The van der Waals surface area contributed by atoms with Crippen LogP contribution in [-0.2, 0) is 11.1 Å². The van der Waals surface area contributed by atoms with Gasteiger partial charge in [0.05, 0.1) is 16.1 Å². The van der Waals surface area contributed by atoms with Crippen LogP contribution < -0.4 is 16.4 Å². The van der Waals surface area contributed by atoms with Gasteiger partial charge in [-0.3, -0.25) is 0 Å². The van der Waals surface area contributed by atoms with Gasteiger partial charge in [0.1, 0.15) is 6.07 Å². The van der Waals surface area contributed by atoms with Gasteiger partial charge >= 0.3 is 0 Å². The van der Waals surface area contributed by atoms with Crippen LogP contribution in [0.4, 0.5) is 28.7 Å². The Kier molecular flexibility index (Phi) is 6.36. The molecule has 1 unspecified atom stereocenters. The fraction of sp³-hybridized carbons (Fsp3) is 0.0526. The Hall–Kier alpha value is -3.10. The second-order valence-corrected chi connectivity index (χ2v) is 7.60. The van der Waals surface area contributed by atoms with Gasteiger partial charge in [-0.1, -0.05) is 0 Å². The highest BCUT2D eigenvalue weighted by Crippen LogP contribution is 2.32. The van der Waals surface area contributed by atoms with Gasteiger partial charge in [-0.2, -0.15) is 5.26 Å². The number of nitrogens with zero attached hydrogens (tertiary/aromatic N) is 2. The van der Waals surface area contributed by atoms with Gasteiger partial charge in [-0.25, -0.2) is 9.19 Å². The zero-order chi connectivity index (χ0) is 21.0. The lowest BCUT2D eigenvalue weighted by atomic mass is 10.1. The van der Waals surface area contributed by atoms with E-state index in [2.05, 4.69) is 21.7 Å². The number of nitrogen functional groups attached to an aromatic ring is 1. The molecule has 1 heterocycles. The van der Waals surface area contributed by atoms with Crippen molar-refractivity contribution in [1.29, 1.82) is 5.26 Å². The minimum Gasteiger partial charge on any atom is -0.395 e. The van der Waals surface area contributed by atoms with Crippen molar-refractivity contribution >= 4 is 51.8 Å². The van der Waals surface area contributed by atoms with E-state index in [4.69, 9.17) is 14.8 Å². The lowest BCUT2D eigenvalue weighted by Gasteiger charge is -2.16. The first-order valence-electron chi connectivity index (χ1n) is 8.29. The minimum atomic E-state index is -2.06. The Balaban J connectivity index is 1.95. The summed E-state index contributed by atoms with van der Waals surface area (Å²) >= 11 is -1.41. The van der Waals surface area contributed by atoms with Crippen LogP contribution in [0.2, 0.25) is 0 Å². The van der Waals surface area contributed by atoms with Gasteiger partial charge < -0.3 is 25.5 Å². The van der Waals surface area contributed by atoms with Crippen LogP contribution in [0.3, 0.4) is 0 Å². The van der Waals surface area contributed by atoms with E-state index in [0.29, 0.717) is 56.8 Å². The fourth-order valence-corrected chi connectivity index (χ4v) is 3.19. The number of nitriles is 1. The summed E-state index contributed by atoms with van der Waals surface area (Å²) in [4.78, 5) is 5.43. The molecule has 8 nitrogen and oxygen atoms in total. The van der Waals surface area contributed by atoms with Crippen LogP contribution in [-0.4, -0.2) is 18.3 Å². The molecule has 10 heteroatoms.